The molecule has 0 aliphatic carbocycles. The Bertz CT molecular complexity index is 426. The SMILES string of the molecule is CCOC(=O)N1CCC(NC(N)=NCCCCCC(=O)OC)CC1.I. The third-order valence-electron chi connectivity index (χ3n) is 3.92. The van der Waals surface area contributed by atoms with E-state index in [1.807, 2.05) is 0 Å². The van der Waals surface area contributed by atoms with E-state index < -0.39 is 0 Å². The fraction of sp³-hybridized carbons (Fsp3) is 0.812. The Morgan fingerprint density at radius 1 is 1.24 bits per heavy atom. The molecule has 8 nitrogen and oxygen atoms in total. The molecular weight excluding hydrogens is 439 g/mol. The Kier molecular flexibility index (Phi) is 13.3. The molecule has 0 radical (unpaired) electrons. The molecule has 146 valence electrons. The molecule has 1 rings (SSSR count). The molecule has 9 heteroatoms. The van der Waals surface area contributed by atoms with E-state index in [1.165, 1.54) is 7.11 Å². The van der Waals surface area contributed by atoms with Gasteiger partial charge < -0.3 is 25.4 Å². The molecule has 0 atom stereocenters. The molecule has 1 aliphatic heterocycles. The number of nitrogens with one attached hydrogen (secondary N) is 1. The average molecular weight is 470 g/mol. The zero-order chi connectivity index (χ0) is 17.8. The summed E-state index contributed by atoms with van der Waals surface area (Å²) >= 11 is 0. The van der Waals surface area contributed by atoms with Crippen molar-refractivity contribution >= 4 is 42.0 Å². The van der Waals surface area contributed by atoms with Gasteiger partial charge >= 0.3 is 12.1 Å². The maximum absolute atomic E-state index is 11.6. The van der Waals surface area contributed by atoms with Crippen molar-refractivity contribution in [1.29, 1.82) is 0 Å². The fourth-order valence-corrected chi connectivity index (χ4v) is 2.54. The van der Waals surface area contributed by atoms with Gasteiger partial charge in [-0.2, -0.15) is 0 Å². The maximum Gasteiger partial charge on any atom is 0.409 e. The first-order chi connectivity index (χ1) is 11.6. The number of rotatable bonds is 8. The maximum atomic E-state index is 11.6. The lowest BCUT2D eigenvalue weighted by atomic mass is 10.1. The van der Waals surface area contributed by atoms with Gasteiger partial charge in [-0.1, -0.05) is 6.42 Å². The minimum atomic E-state index is -0.246. The van der Waals surface area contributed by atoms with Crippen LogP contribution in [0.25, 0.3) is 0 Å². The molecule has 0 unspecified atom stereocenters. The van der Waals surface area contributed by atoms with Crippen LogP contribution in [-0.2, 0) is 14.3 Å². The molecular formula is C16H31IN4O4. The van der Waals surface area contributed by atoms with Crippen molar-refractivity contribution in [3.63, 3.8) is 0 Å². The standard InChI is InChI=1S/C16H30N4O4.HI/c1-3-24-16(22)20-11-8-13(9-12-20)19-15(17)18-10-6-4-5-7-14(21)23-2;/h13H,3-12H2,1-2H3,(H3,17,18,19);1H. The van der Waals surface area contributed by atoms with Crippen molar-refractivity contribution in [1.82, 2.24) is 10.2 Å². The number of methoxy groups -OCH3 is 1. The number of guanidine groups is 1. The molecule has 0 aromatic heterocycles. The quantitative estimate of drug-likeness (QED) is 0.185. The molecule has 0 aromatic carbocycles. The highest BCUT2D eigenvalue weighted by atomic mass is 127. The number of carbonyl (C=O) groups excluding carboxylic acids is 2. The van der Waals surface area contributed by atoms with Gasteiger partial charge in [0.2, 0.25) is 0 Å². The Morgan fingerprint density at radius 2 is 1.92 bits per heavy atom. The highest BCUT2D eigenvalue weighted by molar-refractivity contribution is 14.0. The Balaban J connectivity index is 0.00000576. The average Bonchev–Trinajstić information content (AvgIpc) is 2.58. The van der Waals surface area contributed by atoms with Gasteiger partial charge in [0, 0.05) is 32.1 Å². The second-order valence-corrected chi connectivity index (χ2v) is 5.76. The second-order valence-electron chi connectivity index (χ2n) is 5.76. The number of halogens is 1. The number of hydrogen-bond acceptors (Lipinski definition) is 5. The molecule has 0 aromatic rings. The van der Waals surface area contributed by atoms with Crippen molar-refractivity contribution in [3.8, 4) is 0 Å². The zero-order valence-corrected chi connectivity index (χ0v) is 17.5. The predicted octanol–water partition coefficient (Wildman–Crippen LogP) is 1.86. The van der Waals surface area contributed by atoms with E-state index in [0.29, 0.717) is 38.6 Å². The first-order valence-corrected chi connectivity index (χ1v) is 8.61. The summed E-state index contributed by atoms with van der Waals surface area (Å²) in [7, 11) is 1.40. The molecule has 1 heterocycles. The van der Waals surface area contributed by atoms with Gasteiger partial charge in [-0.3, -0.25) is 9.79 Å². The number of amides is 1. The van der Waals surface area contributed by atoms with Crippen molar-refractivity contribution in [2.24, 2.45) is 10.7 Å². The number of carbonyl (C=O) groups is 2. The van der Waals surface area contributed by atoms with Crippen LogP contribution in [0.15, 0.2) is 4.99 Å². The largest absolute Gasteiger partial charge is 0.469 e. The monoisotopic (exact) mass is 470 g/mol. The summed E-state index contributed by atoms with van der Waals surface area (Å²) in [6.45, 7) is 4.17. The number of piperidine rings is 1. The summed E-state index contributed by atoms with van der Waals surface area (Å²) in [5, 5.41) is 3.20. The first kappa shape index (κ1) is 23.7. The molecule has 25 heavy (non-hydrogen) atoms. The lowest BCUT2D eigenvalue weighted by Crippen LogP contribution is -2.48. The molecule has 3 N–H and O–H groups in total. The van der Waals surface area contributed by atoms with Crippen LogP contribution in [0.3, 0.4) is 0 Å². The summed E-state index contributed by atoms with van der Waals surface area (Å²) in [4.78, 5) is 28.6. The molecule has 0 bridgehead atoms. The van der Waals surface area contributed by atoms with Crippen LogP contribution >= 0.6 is 24.0 Å². The summed E-state index contributed by atoms with van der Waals surface area (Å²) in [6.07, 6.45) is 4.48. The molecule has 1 saturated heterocycles. The zero-order valence-electron chi connectivity index (χ0n) is 15.2. The van der Waals surface area contributed by atoms with Gasteiger partial charge in [0.05, 0.1) is 13.7 Å². The Morgan fingerprint density at radius 3 is 2.52 bits per heavy atom. The minimum absolute atomic E-state index is 0. The van der Waals surface area contributed by atoms with E-state index in [-0.39, 0.29) is 42.1 Å². The van der Waals surface area contributed by atoms with Gasteiger partial charge in [0.1, 0.15) is 0 Å². The Labute approximate surface area is 166 Å². The summed E-state index contributed by atoms with van der Waals surface area (Å²) in [5.74, 6) is 0.270. The lowest BCUT2D eigenvalue weighted by Gasteiger charge is -2.31. The second kappa shape index (κ2) is 14.0. The number of nitrogens with two attached hydrogens (primary N) is 1. The summed E-state index contributed by atoms with van der Waals surface area (Å²) < 4.78 is 9.58. The number of likely N-dealkylation sites (tertiary alicyclic amines) is 1. The van der Waals surface area contributed by atoms with Crippen LogP contribution in [-0.4, -0.2) is 62.3 Å². The van der Waals surface area contributed by atoms with Gasteiger partial charge in [0.15, 0.2) is 5.96 Å². The molecule has 0 spiro atoms. The number of ether oxygens (including phenoxy) is 2. The van der Waals surface area contributed by atoms with Crippen molar-refractivity contribution < 1.29 is 19.1 Å². The normalized spacial score (nSPS) is 15.3. The van der Waals surface area contributed by atoms with Crippen LogP contribution in [0.1, 0.15) is 45.4 Å². The molecule has 1 fully saturated rings. The highest BCUT2D eigenvalue weighted by Gasteiger charge is 2.23. The van der Waals surface area contributed by atoms with E-state index in [0.717, 1.165) is 32.1 Å². The lowest BCUT2D eigenvalue weighted by molar-refractivity contribution is -0.140. The number of nitrogens with zero attached hydrogens (tertiary/aromatic N) is 2. The predicted molar refractivity (Wildman–Crippen MR) is 107 cm³/mol. The number of hydrogen-bond donors (Lipinski definition) is 2. The fourth-order valence-electron chi connectivity index (χ4n) is 2.54. The Hall–Kier alpha value is -1.26. The van der Waals surface area contributed by atoms with Gasteiger partial charge in [-0.25, -0.2) is 4.79 Å². The third kappa shape index (κ3) is 10.4. The van der Waals surface area contributed by atoms with E-state index >= 15 is 0 Å². The summed E-state index contributed by atoms with van der Waals surface area (Å²) in [6, 6.07) is 0.235. The number of aliphatic imine (C=N–C) groups is 1. The third-order valence-corrected chi connectivity index (χ3v) is 3.92. The van der Waals surface area contributed by atoms with Gasteiger partial charge in [-0.15, -0.1) is 24.0 Å². The van der Waals surface area contributed by atoms with Crippen LogP contribution in [0.2, 0.25) is 0 Å². The molecule has 1 amide bonds. The van der Waals surface area contributed by atoms with Crippen molar-refractivity contribution in [2.75, 3.05) is 33.4 Å². The molecule has 0 saturated carbocycles. The first-order valence-electron chi connectivity index (χ1n) is 8.61. The van der Waals surface area contributed by atoms with Crippen molar-refractivity contribution in [3.05, 3.63) is 0 Å². The van der Waals surface area contributed by atoms with Crippen LogP contribution in [0, 0.1) is 0 Å². The number of unbranched alkanes of at least 4 members (excludes halogenated alkanes) is 2. The smallest absolute Gasteiger partial charge is 0.409 e. The summed E-state index contributed by atoms with van der Waals surface area (Å²) in [5.41, 5.74) is 5.89. The van der Waals surface area contributed by atoms with E-state index in [9.17, 15) is 9.59 Å². The van der Waals surface area contributed by atoms with E-state index in [4.69, 9.17) is 10.5 Å². The van der Waals surface area contributed by atoms with Crippen LogP contribution in [0.4, 0.5) is 4.79 Å². The minimum Gasteiger partial charge on any atom is -0.469 e. The topological polar surface area (TPSA) is 106 Å². The van der Waals surface area contributed by atoms with E-state index in [2.05, 4.69) is 15.0 Å². The van der Waals surface area contributed by atoms with Gasteiger partial charge in [-0.05, 0) is 32.6 Å². The van der Waals surface area contributed by atoms with Crippen LogP contribution in [0.5, 0.6) is 0 Å². The van der Waals surface area contributed by atoms with E-state index in [1.54, 1.807) is 11.8 Å². The number of esters is 1. The van der Waals surface area contributed by atoms with Crippen LogP contribution < -0.4 is 11.1 Å². The highest BCUT2D eigenvalue weighted by Crippen LogP contribution is 2.11. The van der Waals surface area contributed by atoms with Gasteiger partial charge in [0.25, 0.3) is 0 Å². The molecule has 1 aliphatic rings. The van der Waals surface area contributed by atoms with Crippen molar-refractivity contribution in [2.45, 2.75) is 51.5 Å².